The summed E-state index contributed by atoms with van der Waals surface area (Å²) in [4.78, 5) is 17.7. The number of benzene rings is 1. The van der Waals surface area contributed by atoms with E-state index >= 15 is 0 Å². The average Bonchev–Trinajstić information content (AvgIpc) is 3.43. The smallest absolute Gasteiger partial charge is 0.283 e. The lowest BCUT2D eigenvalue weighted by Gasteiger charge is -2.14. The van der Waals surface area contributed by atoms with E-state index in [1.54, 1.807) is 27.7 Å². The molecule has 0 bridgehead atoms. The molecular formula is C22H20N6O3S. The Bertz CT molecular complexity index is 1490. The van der Waals surface area contributed by atoms with Gasteiger partial charge in [-0.2, -0.15) is 4.37 Å². The Morgan fingerprint density at radius 2 is 2.06 bits per heavy atom. The Balaban J connectivity index is 1.57. The predicted octanol–water partition coefficient (Wildman–Crippen LogP) is 2.88. The van der Waals surface area contributed by atoms with Gasteiger partial charge in [-0.3, -0.25) is 14.3 Å². The van der Waals surface area contributed by atoms with E-state index in [2.05, 4.69) is 19.7 Å². The maximum Gasteiger partial charge on any atom is 0.283 e. The van der Waals surface area contributed by atoms with Gasteiger partial charge in [-0.15, -0.1) is 5.10 Å². The number of hydrogen-bond donors (Lipinski definition) is 1. The van der Waals surface area contributed by atoms with Crippen LogP contribution in [0.5, 0.6) is 5.75 Å². The lowest BCUT2D eigenvalue weighted by Crippen LogP contribution is -2.21. The molecule has 10 heteroatoms. The molecule has 5 rings (SSSR count). The molecule has 5 aromatic rings. The molecule has 162 valence electrons. The molecule has 0 aliphatic carbocycles. The number of aliphatic hydroxyl groups is 1. The lowest BCUT2D eigenvalue weighted by atomic mass is 10.1. The molecule has 1 N–H and O–H groups in total. The maximum absolute atomic E-state index is 13.3. The number of nitrogens with zero attached hydrogens (tertiary/aromatic N) is 6. The summed E-state index contributed by atoms with van der Waals surface area (Å²) < 4.78 is 13.0. The first-order valence-electron chi connectivity index (χ1n) is 10.1. The van der Waals surface area contributed by atoms with Crippen LogP contribution in [0.25, 0.3) is 26.9 Å². The number of rotatable bonds is 6. The number of aliphatic hydroxyl groups excluding tert-OH is 1. The van der Waals surface area contributed by atoms with E-state index in [0.717, 1.165) is 27.2 Å². The van der Waals surface area contributed by atoms with E-state index in [1.807, 2.05) is 44.2 Å². The molecular weight excluding hydrogens is 428 g/mol. The second-order valence-corrected chi connectivity index (χ2v) is 8.22. The summed E-state index contributed by atoms with van der Waals surface area (Å²) >= 11 is 1.28. The van der Waals surface area contributed by atoms with E-state index in [-0.39, 0.29) is 24.8 Å². The second kappa shape index (κ2) is 8.13. The van der Waals surface area contributed by atoms with E-state index in [4.69, 9.17) is 9.84 Å². The van der Waals surface area contributed by atoms with Gasteiger partial charge in [0.15, 0.2) is 5.52 Å². The van der Waals surface area contributed by atoms with Gasteiger partial charge < -0.3 is 9.84 Å². The zero-order valence-corrected chi connectivity index (χ0v) is 18.3. The number of hydrogen-bond acceptors (Lipinski definition) is 8. The quantitative estimate of drug-likeness (QED) is 0.425. The van der Waals surface area contributed by atoms with Crippen LogP contribution in [0.15, 0.2) is 53.6 Å². The molecule has 0 aliphatic heterocycles. The van der Waals surface area contributed by atoms with Crippen molar-refractivity contribution in [3.05, 3.63) is 70.4 Å². The molecule has 0 saturated carbocycles. The van der Waals surface area contributed by atoms with Gasteiger partial charge in [0.1, 0.15) is 22.9 Å². The van der Waals surface area contributed by atoms with Gasteiger partial charge in [-0.25, -0.2) is 4.68 Å². The minimum atomic E-state index is -0.238. The van der Waals surface area contributed by atoms with Crippen LogP contribution in [-0.2, 0) is 0 Å². The molecule has 0 radical (unpaired) electrons. The van der Waals surface area contributed by atoms with Crippen LogP contribution in [-0.4, -0.2) is 47.2 Å². The van der Waals surface area contributed by atoms with Gasteiger partial charge >= 0.3 is 0 Å². The van der Waals surface area contributed by atoms with Gasteiger partial charge in [0, 0.05) is 11.6 Å². The van der Waals surface area contributed by atoms with Crippen LogP contribution in [0.2, 0.25) is 0 Å². The lowest BCUT2D eigenvalue weighted by molar-refractivity contribution is 0.201. The first kappa shape index (κ1) is 20.3. The van der Waals surface area contributed by atoms with E-state index in [0.29, 0.717) is 16.8 Å². The summed E-state index contributed by atoms with van der Waals surface area (Å²) in [7, 11) is 0. The summed E-state index contributed by atoms with van der Waals surface area (Å²) in [5, 5.41) is 19.1. The number of aromatic nitrogens is 6. The monoisotopic (exact) mass is 448 g/mol. The first-order valence-corrected chi connectivity index (χ1v) is 10.9. The number of ether oxygens (including phenoxy) is 1. The molecule has 0 unspecified atom stereocenters. The van der Waals surface area contributed by atoms with Crippen molar-refractivity contribution >= 4 is 33.5 Å². The Morgan fingerprint density at radius 3 is 2.84 bits per heavy atom. The van der Waals surface area contributed by atoms with Gasteiger partial charge in [-0.05, 0) is 61.3 Å². The Labute approximate surface area is 186 Å². The van der Waals surface area contributed by atoms with Crippen molar-refractivity contribution in [1.29, 1.82) is 0 Å². The van der Waals surface area contributed by atoms with Crippen molar-refractivity contribution in [3.8, 4) is 10.8 Å². The van der Waals surface area contributed by atoms with Crippen LogP contribution in [0.1, 0.15) is 24.2 Å². The summed E-state index contributed by atoms with van der Waals surface area (Å²) in [6.07, 6.45) is 3.34. The van der Waals surface area contributed by atoms with Gasteiger partial charge in [-0.1, -0.05) is 11.3 Å². The number of pyridine rings is 2. The molecule has 4 aromatic heterocycles. The zero-order chi connectivity index (χ0) is 22.2. The predicted molar refractivity (Wildman–Crippen MR) is 122 cm³/mol. The van der Waals surface area contributed by atoms with Crippen LogP contribution < -0.4 is 10.3 Å². The molecule has 1 aromatic carbocycles. The van der Waals surface area contributed by atoms with Crippen LogP contribution in [0.3, 0.4) is 0 Å². The minimum absolute atomic E-state index is 0.0624. The molecule has 0 spiro atoms. The van der Waals surface area contributed by atoms with E-state index < -0.39 is 0 Å². The van der Waals surface area contributed by atoms with E-state index in [1.165, 1.54) is 11.5 Å². The first-order chi connectivity index (χ1) is 15.5. The highest BCUT2D eigenvalue weighted by molar-refractivity contribution is 7.08. The van der Waals surface area contributed by atoms with Crippen molar-refractivity contribution < 1.29 is 9.84 Å². The molecule has 4 heterocycles. The normalized spacial score (nSPS) is 12.5. The summed E-state index contributed by atoms with van der Waals surface area (Å²) in [6.45, 7) is 4.02. The SMILES string of the molecule is Cc1cc(-n2ccc3nnn([C@H](C)c4ccc5ncc(OCCO)cc5c4)c3c2=O)sn1. The highest BCUT2D eigenvalue weighted by atomic mass is 32.1. The Kier molecular flexibility index (Phi) is 5.16. The van der Waals surface area contributed by atoms with Crippen molar-refractivity contribution in [3.63, 3.8) is 0 Å². The summed E-state index contributed by atoms with van der Waals surface area (Å²) in [6, 6.07) is 11.2. The molecule has 0 fully saturated rings. The largest absolute Gasteiger partial charge is 0.490 e. The third-order valence-electron chi connectivity index (χ3n) is 5.27. The number of fused-ring (bicyclic) bond motifs is 2. The number of aryl methyl sites for hydroxylation is 1. The van der Waals surface area contributed by atoms with Crippen molar-refractivity contribution in [2.75, 3.05) is 13.2 Å². The topological polar surface area (TPSA) is 108 Å². The van der Waals surface area contributed by atoms with Crippen molar-refractivity contribution in [1.82, 2.24) is 28.9 Å². The third-order valence-corrected chi connectivity index (χ3v) is 6.15. The molecule has 1 atom stereocenters. The molecule has 0 aliphatic rings. The van der Waals surface area contributed by atoms with E-state index in [9.17, 15) is 4.79 Å². The third kappa shape index (κ3) is 3.53. The van der Waals surface area contributed by atoms with Crippen LogP contribution in [0.4, 0.5) is 0 Å². The van der Waals surface area contributed by atoms with Crippen molar-refractivity contribution in [2.24, 2.45) is 0 Å². The van der Waals surface area contributed by atoms with Gasteiger partial charge in [0.25, 0.3) is 5.56 Å². The highest BCUT2D eigenvalue weighted by Crippen LogP contribution is 2.26. The molecule has 0 saturated heterocycles. The Hall–Kier alpha value is -3.63. The Morgan fingerprint density at radius 1 is 1.19 bits per heavy atom. The fraction of sp³-hybridized carbons (Fsp3) is 0.227. The zero-order valence-electron chi connectivity index (χ0n) is 17.5. The van der Waals surface area contributed by atoms with Gasteiger partial charge in [0.05, 0.1) is 30.1 Å². The van der Waals surface area contributed by atoms with Gasteiger partial charge in [0.2, 0.25) is 0 Å². The highest BCUT2D eigenvalue weighted by Gasteiger charge is 2.18. The maximum atomic E-state index is 13.3. The summed E-state index contributed by atoms with van der Waals surface area (Å²) in [5.41, 5.74) is 3.43. The second-order valence-electron chi connectivity index (χ2n) is 7.44. The van der Waals surface area contributed by atoms with Crippen LogP contribution in [0, 0.1) is 6.92 Å². The standard InChI is InChI=1S/C22H20N6O3S/c1-13-9-20(32-25-13)27-6-5-19-21(22(27)30)28(26-24-19)14(2)15-3-4-18-16(10-15)11-17(12-23-18)31-8-7-29/h3-6,9-12,14,29H,7-8H2,1-2H3/t14-/m1/s1. The molecule has 9 nitrogen and oxygen atoms in total. The summed E-state index contributed by atoms with van der Waals surface area (Å²) in [5.74, 6) is 0.588. The fourth-order valence-electron chi connectivity index (χ4n) is 3.63. The average molecular weight is 449 g/mol. The van der Waals surface area contributed by atoms with Crippen LogP contribution >= 0.6 is 11.5 Å². The molecule has 0 amide bonds. The fourth-order valence-corrected chi connectivity index (χ4v) is 4.38. The molecule has 32 heavy (non-hydrogen) atoms. The minimum Gasteiger partial charge on any atom is -0.490 e. The van der Waals surface area contributed by atoms with Crippen molar-refractivity contribution in [2.45, 2.75) is 19.9 Å².